The zero-order chi connectivity index (χ0) is 14.8. The van der Waals surface area contributed by atoms with Gasteiger partial charge in [0, 0.05) is 11.6 Å². The zero-order valence-corrected chi connectivity index (χ0v) is 13.6. The van der Waals surface area contributed by atoms with Crippen molar-refractivity contribution in [3.05, 3.63) is 29.8 Å². The lowest BCUT2D eigenvalue weighted by atomic mass is 9.87. The van der Waals surface area contributed by atoms with Gasteiger partial charge < -0.3 is 10.1 Å². The first kappa shape index (κ1) is 15.4. The van der Waals surface area contributed by atoms with E-state index < -0.39 is 0 Å². The predicted molar refractivity (Wildman–Crippen MR) is 85.3 cm³/mol. The molecule has 1 aliphatic rings. The Balaban J connectivity index is 1.76. The zero-order valence-electron chi connectivity index (χ0n) is 13.6. The Hall–Kier alpha value is -1.02. The minimum Gasteiger partial charge on any atom is -0.490 e. The first-order valence-corrected chi connectivity index (χ1v) is 7.85. The Labute approximate surface area is 123 Å². The maximum atomic E-state index is 6.02. The molecular weight excluding hydrogens is 246 g/mol. The molecule has 0 amide bonds. The summed E-state index contributed by atoms with van der Waals surface area (Å²) in [5.41, 5.74) is 1.60. The standard InChI is InChI=1S/C18H29NO/c1-13(2)10-14-6-8-16(9-7-14)20-17-11-15(12-17)19-18(3,4)5/h6-9,13,15,17,19H,10-12H2,1-5H3. The number of hydrogen-bond donors (Lipinski definition) is 1. The molecule has 0 radical (unpaired) electrons. The van der Waals surface area contributed by atoms with Crippen LogP contribution in [0.2, 0.25) is 0 Å². The second-order valence-electron chi connectivity index (χ2n) is 7.54. The minimum absolute atomic E-state index is 0.203. The van der Waals surface area contributed by atoms with Gasteiger partial charge >= 0.3 is 0 Å². The van der Waals surface area contributed by atoms with Gasteiger partial charge in [-0.25, -0.2) is 0 Å². The van der Waals surface area contributed by atoms with E-state index in [-0.39, 0.29) is 5.54 Å². The van der Waals surface area contributed by atoms with Gasteiger partial charge in [0.2, 0.25) is 0 Å². The van der Waals surface area contributed by atoms with E-state index in [2.05, 4.69) is 64.2 Å². The largest absolute Gasteiger partial charge is 0.490 e. The normalized spacial score (nSPS) is 22.7. The first-order chi connectivity index (χ1) is 9.32. The van der Waals surface area contributed by atoms with Crippen LogP contribution < -0.4 is 10.1 Å². The lowest BCUT2D eigenvalue weighted by molar-refractivity contribution is 0.0734. The van der Waals surface area contributed by atoms with Crippen molar-refractivity contribution in [3.8, 4) is 5.75 Å². The SMILES string of the molecule is CC(C)Cc1ccc(OC2CC(NC(C)(C)C)C2)cc1. The molecule has 1 saturated carbocycles. The highest BCUT2D eigenvalue weighted by atomic mass is 16.5. The third-order valence-electron chi connectivity index (χ3n) is 3.60. The van der Waals surface area contributed by atoms with Crippen molar-refractivity contribution in [2.24, 2.45) is 5.92 Å². The number of ether oxygens (including phenoxy) is 1. The average Bonchev–Trinajstić information content (AvgIpc) is 2.26. The highest BCUT2D eigenvalue weighted by Gasteiger charge is 2.32. The fraction of sp³-hybridized carbons (Fsp3) is 0.667. The van der Waals surface area contributed by atoms with Crippen LogP contribution >= 0.6 is 0 Å². The minimum atomic E-state index is 0.203. The van der Waals surface area contributed by atoms with E-state index >= 15 is 0 Å². The van der Waals surface area contributed by atoms with Gasteiger partial charge in [0.1, 0.15) is 11.9 Å². The Bertz CT molecular complexity index is 410. The lowest BCUT2D eigenvalue weighted by Crippen LogP contribution is -2.53. The molecule has 2 heteroatoms. The van der Waals surface area contributed by atoms with E-state index in [0.29, 0.717) is 18.1 Å². The van der Waals surface area contributed by atoms with E-state index in [0.717, 1.165) is 25.0 Å². The predicted octanol–water partition coefficient (Wildman–Crippen LogP) is 4.18. The van der Waals surface area contributed by atoms with Gasteiger partial charge in [-0.2, -0.15) is 0 Å². The van der Waals surface area contributed by atoms with E-state index in [1.54, 1.807) is 0 Å². The van der Waals surface area contributed by atoms with Crippen molar-refractivity contribution in [1.29, 1.82) is 0 Å². The second kappa shape index (κ2) is 6.17. The van der Waals surface area contributed by atoms with Crippen LogP contribution in [0.1, 0.15) is 53.0 Å². The summed E-state index contributed by atoms with van der Waals surface area (Å²) in [6, 6.07) is 9.22. The van der Waals surface area contributed by atoms with Crippen molar-refractivity contribution >= 4 is 0 Å². The molecule has 0 heterocycles. The highest BCUT2D eigenvalue weighted by molar-refractivity contribution is 5.28. The first-order valence-electron chi connectivity index (χ1n) is 7.85. The molecule has 1 N–H and O–H groups in total. The molecule has 1 aromatic rings. The third-order valence-corrected chi connectivity index (χ3v) is 3.60. The number of hydrogen-bond acceptors (Lipinski definition) is 2. The van der Waals surface area contributed by atoms with E-state index in [1.807, 2.05) is 0 Å². The van der Waals surface area contributed by atoms with Crippen LogP contribution in [0.15, 0.2) is 24.3 Å². The molecule has 1 fully saturated rings. The highest BCUT2D eigenvalue weighted by Crippen LogP contribution is 2.27. The molecule has 0 unspecified atom stereocenters. The molecule has 1 aromatic carbocycles. The Morgan fingerprint density at radius 3 is 2.25 bits per heavy atom. The van der Waals surface area contributed by atoms with Gasteiger partial charge in [-0.3, -0.25) is 0 Å². The van der Waals surface area contributed by atoms with Crippen LogP contribution in [0, 0.1) is 5.92 Å². The van der Waals surface area contributed by atoms with Crippen LogP contribution in [-0.2, 0) is 6.42 Å². The van der Waals surface area contributed by atoms with E-state index in [9.17, 15) is 0 Å². The maximum absolute atomic E-state index is 6.02. The Morgan fingerprint density at radius 1 is 1.15 bits per heavy atom. The number of rotatable bonds is 5. The van der Waals surface area contributed by atoms with Crippen molar-refractivity contribution in [2.75, 3.05) is 0 Å². The average molecular weight is 275 g/mol. The molecule has 0 bridgehead atoms. The summed E-state index contributed by atoms with van der Waals surface area (Å²) in [5.74, 6) is 1.72. The third kappa shape index (κ3) is 4.82. The number of nitrogens with one attached hydrogen (secondary N) is 1. The molecule has 0 atom stereocenters. The molecule has 0 aliphatic heterocycles. The summed E-state index contributed by atoms with van der Waals surface area (Å²) >= 11 is 0. The monoisotopic (exact) mass is 275 g/mol. The molecule has 2 nitrogen and oxygen atoms in total. The molecule has 20 heavy (non-hydrogen) atoms. The summed E-state index contributed by atoms with van der Waals surface area (Å²) in [6.07, 6.45) is 3.75. The molecule has 0 saturated heterocycles. The maximum Gasteiger partial charge on any atom is 0.119 e. The van der Waals surface area contributed by atoms with Crippen molar-refractivity contribution in [2.45, 2.75) is 71.6 Å². The Kier molecular flexibility index (Phi) is 4.74. The summed E-state index contributed by atoms with van der Waals surface area (Å²) < 4.78 is 6.02. The van der Waals surface area contributed by atoms with Crippen LogP contribution in [0.5, 0.6) is 5.75 Å². The van der Waals surface area contributed by atoms with Gasteiger partial charge in [-0.15, -0.1) is 0 Å². The molecule has 112 valence electrons. The van der Waals surface area contributed by atoms with Gasteiger partial charge in [0.25, 0.3) is 0 Å². The quantitative estimate of drug-likeness (QED) is 0.870. The topological polar surface area (TPSA) is 21.3 Å². The molecule has 0 aromatic heterocycles. The fourth-order valence-corrected chi connectivity index (χ4v) is 2.76. The molecular formula is C18H29NO. The van der Waals surface area contributed by atoms with E-state index in [1.165, 1.54) is 5.56 Å². The molecule has 2 rings (SSSR count). The van der Waals surface area contributed by atoms with Gasteiger partial charge in [-0.05, 0) is 63.6 Å². The number of benzene rings is 1. The van der Waals surface area contributed by atoms with Crippen LogP contribution in [0.3, 0.4) is 0 Å². The summed E-state index contributed by atoms with van der Waals surface area (Å²) in [5, 5.41) is 3.62. The lowest BCUT2D eigenvalue weighted by Gasteiger charge is -2.40. The second-order valence-corrected chi connectivity index (χ2v) is 7.54. The van der Waals surface area contributed by atoms with Crippen molar-refractivity contribution in [1.82, 2.24) is 5.32 Å². The van der Waals surface area contributed by atoms with Crippen molar-refractivity contribution in [3.63, 3.8) is 0 Å². The van der Waals surface area contributed by atoms with Crippen LogP contribution in [0.25, 0.3) is 0 Å². The summed E-state index contributed by atoms with van der Waals surface area (Å²) in [7, 11) is 0. The fourth-order valence-electron chi connectivity index (χ4n) is 2.76. The van der Waals surface area contributed by atoms with Crippen LogP contribution in [0.4, 0.5) is 0 Å². The van der Waals surface area contributed by atoms with Gasteiger partial charge in [0.05, 0.1) is 0 Å². The van der Waals surface area contributed by atoms with Gasteiger partial charge in [-0.1, -0.05) is 26.0 Å². The molecule has 1 aliphatic carbocycles. The van der Waals surface area contributed by atoms with Gasteiger partial charge in [0.15, 0.2) is 0 Å². The smallest absolute Gasteiger partial charge is 0.119 e. The van der Waals surface area contributed by atoms with Crippen LogP contribution in [-0.4, -0.2) is 17.7 Å². The summed E-state index contributed by atoms with van der Waals surface area (Å²) in [6.45, 7) is 11.2. The summed E-state index contributed by atoms with van der Waals surface area (Å²) in [4.78, 5) is 0. The Morgan fingerprint density at radius 2 is 1.75 bits per heavy atom. The van der Waals surface area contributed by atoms with Crippen molar-refractivity contribution < 1.29 is 4.74 Å². The molecule has 0 spiro atoms. The van der Waals surface area contributed by atoms with E-state index in [4.69, 9.17) is 4.74 Å².